The minimum Gasteiger partial charge on any atom is -0.469 e. The Morgan fingerprint density at radius 2 is 1.93 bits per heavy atom. The zero-order valence-corrected chi connectivity index (χ0v) is 17.9. The van der Waals surface area contributed by atoms with Crippen LogP contribution in [0.5, 0.6) is 0 Å². The third-order valence-corrected chi connectivity index (χ3v) is 7.13. The SMILES string of the molecule is COC(=O)CC[C@@H]1CCCN1C1CCC(B2OC(C)(C)C(C)(C)O2)=CC1C. The molecule has 0 saturated carbocycles. The van der Waals surface area contributed by atoms with Crippen LogP contribution < -0.4 is 0 Å². The van der Waals surface area contributed by atoms with Crippen molar-refractivity contribution in [1.82, 2.24) is 4.90 Å². The molecule has 2 fully saturated rings. The van der Waals surface area contributed by atoms with Gasteiger partial charge in [-0.3, -0.25) is 9.69 Å². The van der Waals surface area contributed by atoms with Gasteiger partial charge in [-0.05, 0) is 77.7 Å². The number of methoxy groups -OCH3 is 1. The number of carbonyl (C=O) groups excluding carboxylic acids is 1. The van der Waals surface area contributed by atoms with Crippen LogP contribution >= 0.6 is 0 Å². The van der Waals surface area contributed by atoms with Crippen LogP contribution in [0.3, 0.4) is 0 Å². The van der Waals surface area contributed by atoms with Gasteiger partial charge in [0.2, 0.25) is 0 Å². The predicted octanol–water partition coefficient (Wildman–Crippen LogP) is 3.76. The molecular weight excluding hydrogens is 341 g/mol. The van der Waals surface area contributed by atoms with Crippen LogP contribution in [-0.4, -0.2) is 54.9 Å². The maximum Gasteiger partial charge on any atom is 0.490 e. The van der Waals surface area contributed by atoms with Gasteiger partial charge in [-0.25, -0.2) is 0 Å². The molecule has 5 nitrogen and oxygen atoms in total. The Bertz CT molecular complexity index is 573. The van der Waals surface area contributed by atoms with Crippen LogP contribution in [0, 0.1) is 5.92 Å². The smallest absolute Gasteiger partial charge is 0.469 e. The fourth-order valence-electron chi connectivity index (χ4n) is 4.76. The van der Waals surface area contributed by atoms with E-state index in [1.54, 1.807) is 0 Å². The molecule has 6 heteroatoms. The van der Waals surface area contributed by atoms with Crippen LogP contribution in [0.2, 0.25) is 0 Å². The van der Waals surface area contributed by atoms with Crippen molar-refractivity contribution in [3.05, 3.63) is 11.5 Å². The molecule has 27 heavy (non-hydrogen) atoms. The molecule has 3 aliphatic rings. The van der Waals surface area contributed by atoms with Crippen molar-refractivity contribution in [2.24, 2.45) is 5.92 Å². The van der Waals surface area contributed by atoms with Crippen molar-refractivity contribution >= 4 is 13.1 Å². The summed E-state index contributed by atoms with van der Waals surface area (Å²) < 4.78 is 17.3. The molecule has 0 amide bonds. The Labute approximate surface area is 164 Å². The Morgan fingerprint density at radius 3 is 2.52 bits per heavy atom. The van der Waals surface area contributed by atoms with Crippen molar-refractivity contribution in [3.8, 4) is 0 Å². The Morgan fingerprint density at radius 1 is 1.26 bits per heavy atom. The highest BCUT2D eigenvalue weighted by atomic mass is 16.7. The van der Waals surface area contributed by atoms with E-state index in [4.69, 9.17) is 14.0 Å². The van der Waals surface area contributed by atoms with Gasteiger partial charge in [0.15, 0.2) is 0 Å². The number of carbonyl (C=O) groups is 1. The van der Waals surface area contributed by atoms with E-state index >= 15 is 0 Å². The second kappa shape index (κ2) is 7.88. The molecule has 0 spiro atoms. The Kier molecular flexibility index (Phi) is 6.09. The summed E-state index contributed by atoms with van der Waals surface area (Å²) in [6.07, 6.45) is 8.37. The largest absolute Gasteiger partial charge is 0.490 e. The number of likely N-dealkylation sites (tertiary alicyclic amines) is 1. The average molecular weight is 377 g/mol. The van der Waals surface area contributed by atoms with E-state index in [-0.39, 0.29) is 24.3 Å². The van der Waals surface area contributed by atoms with E-state index in [2.05, 4.69) is 45.6 Å². The summed E-state index contributed by atoms with van der Waals surface area (Å²) in [5.74, 6) is 0.369. The summed E-state index contributed by atoms with van der Waals surface area (Å²) >= 11 is 0. The van der Waals surface area contributed by atoms with Crippen molar-refractivity contribution in [3.63, 3.8) is 0 Å². The number of ether oxygens (including phenoxy) is 1. The molecule has 2 heterocycles. The lowest BCUT2D eigenvalue weighted by atomic mass is 9.69. The van der Waals surface area contributed by atoms with Crippen molar-refractivity contribution < 1.29 is 18.8 Å². The van der Waals surface area contributed by atoms with E-state index in [1.165, 1.54) is 25.4 Å². The first-order chi connectivity index (χ1) is 12.6. The molecule has 2 unspecified atom stereocenters. The van der Waals surface area contributed by atoms with Gasteiger partial charge in [-0.2, -0.15) is 0 Å². The summed E-state index contributed by atoms with van der Waals surface area (Å²) in [6, 6.07) is 1.05. The first-order valence-electron chi connectivity index (χ1n) is 10.5. The fourth-order valence-corrected chi connectivity index (χ4v) is 4.76. The maximum absolute atomic E-state index is 11.5. The number of hydrogen-bond acceptors (Lipinski definition) is 5. The van der Waals surface area contributed by atoms with Gasteiger partial charge in [-0.1, -0.05) is 13.0 Å². The fraction of sp³-hybridized carbons (Fsp3) is 0.857. The molecular formula is C21H36BNO4. The third-order valence-electron chi connectivity index (χ3n) is 7.13. The first kappa shape index (κ1) is 20.9. The van der Waals surface area contributed by atoms with Crippen LogP contribution in [0.4, 0.5) is 0 Å². The van der Waals surface area contributed by atoms with Crippen molar-refractivity contribution in [2.75, 3.05) is 13.7 Å². The zero-order valence-electron chi connectivity index (χ0n) is 17.9. The predicted molar refractivity (Wildman–Crippen MR) is 107 cm³/mol. The molecule has 0 aromatic heterocycles. The molecule has 2 saturated heterocycles. The van der Waals surface area contributed by atoms with E-state index in [0.717, 1.165) is 25.8 Å². The highest BCUT2D eigenvalue weighted by molar-refractivity contribution is 6.54. The van der Waals surface area contributed by atoms with Gasteiger partial charge in [0.1, 0.15) is 0 Å². The lowest BCUT2D eigenvalue weighted by molar-refractivity contribution is -0.141. The lowest BCUT2D eigenvalue weighted by Crippen LogP contribution is -2.44. The Balaban J connectivity index is 1.63. The summed E-state index contributed by atoms with van der Waals surface area (Å²) in [6.45, 7) is 11.9. The average Bonchev–Trinajstić information content (AvgIpc) is 3.14. The summed E-state index contributed by atoms with van der Waals surface area (Å²) in [7, 11) is 1.26. The van der Waals surface area contributed by atoms with E-state index in [0.29, 0.717) is 24.4 Å². The Hall–Kier alpha value is -0.845. The maximum atomic E-state index is 11.5. The van der Waals surface area contributed by atoms with E-state index < -0.39 is 0 Å². The number of nitrogens with zero attached hydrogens (tertiary/aromatic N) is 1. The molecule has 2 aliphatic heterocycles. The van der Waals surface area contributed by atoms with Crippen molar-refractivity contribution in [2.45, 2.75) is 96.4 Å². The lowest BCUT2D eigenvalue weighted by Gasteiger charge is -2.39. The standard InChI is InChI=1S/C21H36BNO4/c1-15-14-16(22-26-20(2,3)21(4,5)27-22)9-11-18(15)23-13-7-8-17(23)10-12-19(24)25-6/h14-15,17-18H,7-13H2,1-6H3/t15?,17-,18?/m0/s1. The number of esters is 1. The molecule has 0 aromatic rings. The molecule has 1 aliphatic carbocycles. The minimum atomic E-state index is -0.285. The molecule has 0 aromatic carbocycles. The molecule has 152 valence electrons. The molecule has 3 rings (SSSR count). The van der Waals surface area contributed by atoms with Crippen LogP contribution in [0.25, 0.3) is 0 Å². The quantitative estimate of drug-likeness (QED) is 0.539. The summed E-state index contributed by atoms with van der Waals surface area (Å²) in [5.41, 5.74) is 0.724. The van der Waals surface area contributed by atoms with Gasteiger partial charge >= 0.3 is 13.1 Å². The van der Waals surface area contributed by atoms with Crippen LogP contribution in [-0.2, 0) is 18.8 Å². The zero-order chi connectivity index (χ0) is 19.8. The second-order valence-corrected chi connectivity index (χ2v) is 9.44. The summed E-state index contributed by atoms with van der Waals surface area (Å²) in [5, 5.41) is 0. The highest BCUT2D eigenvalue weighted by Gasteiger charge is 2.52. The van der Waals surface area contributed by atoms with Gasteiger partial charge in [0.25, 0.3) is 0 Å². The van der Waals surface area contributed by atoms with E-state index in [1.807, 2.05) is 0 Å². The minimum absolute atomic E-state index is 0.0958. The first-order valence-corrected chi connectivity index (χ1v) is 10.5. The van der Waals surface area contributed by atoms with Gasteiger partial charge in [0.05, 0.1) is 18.3 Å². The normalized spacial score (nSPS) is 33.2. The van der Waals surface area contributed by atoms with Gasteiger partial charge in [-0.15, -0.1) is 0 Å². The van der Waals surface area contributed by atoms with Crippen LogP contribution in [0.1, 0.15) is 73.1 Å². The van der Waals surface area contributed by atoms with Gasteiger partial charge in [0, 0.05) is 18.5 Å². The monoisotopic (exact) mass is 377 g/mol. The second-order valence-electron chi connectivity index (χ2n) is 9.44. The molecule has 3 atom stereocenters. The molecule has 0 N–H and O–H groups in total. The highest BCUT2D eigenvalue weighted by Crippen LogP contribution is 2.41. The summed E-state index contributed by atoms with van der Waals surface area (Å²) in [4.78, 5) is 14.2. The number of rotatable bonds is 5. The van der Waals surface area contributed by atoms with Crippen LogP contribution in [0.15, 0.2) is 11.5 Å². The number of allylic oxidation sites excluding steroid dienone is 1. The molecule has 0 radical (unpaired) electrons. The molecule has 0 bridgehead atoms. The van der Waals surface area contributed by atoms with E-state index in [9.17, 15) is 4.79 Å². The van der Waals surface area contributed by atoms with Crippen molar-refractivity contribution in [1.29, 1.82) is 0 Å². The van der Waals surface area contributed by atoms with Gasteiger partial charge < -0.3 is 14.0 Å². The number of hydrogen-bond donors (Lipinski definition) is 0. The topological polar surface area (TPSA) is 48.0 Å². The third kappa shape index (κ3) is 4.28.